The van der Waals surface area contributed by atoms with E-state index in [2.05, 4.69) is 0 Å². The first-order valence-electron chi connectivity index (χ1n) is 5.35. The maximum Gasteiger partial charge on any atom is 0.153 e. The van der Waals surface area contributed by atoms with Crippen LogP contribution in [-0.4, -0.2) is 26.1 Å². The van der Waals surface area contributed by atoms with E-state index in [0.29, 0.717) is 46.8 Å². The molecule has 1 aliphatic rings. The Balaban J connectivity index is 2.10. The molecule has 0 radical (unpaired) electrons. The van der Waals surface area contributed by atoms with Crippen molar-refractivity contribution < 1.29 is 14.3 Å². The van der Waals surface area contributed by atoms with Crippen molar-refractivity contribution in [3.63, 3.8) is 0 Å². The van der Waals surface area contributed by atoms with Crippen molar-refractivity contribution in [2.45, 2.75) is 6.42 Å². The first-order chi connectivity index (χ1) is 8.20. The fourth-order valence-corrected chi connectivity index (χ4v) is 2.30. The summed E-state index contributed by atoms with van der Waals surface area (Å²) in [6, 6.07) is 3.11. The zero-order chi connectivity index (χ0) is 12.3. The standard InChI is InChI=1S/C12H12Cl2O3/c13-10-3-9(5-15)12(11(14)4-10)17-7-8-1-2-16-6-8/h3-5,8H,1-2,6-7H2. The minimum atomic E-state index is 0.360. The second-order valence-electron chi connectivity index (χ2n) is 3.96. The molecule has 17 heavy (non-hydrogen) atoms. The highest BCUT2D eigenvalue weighted by molar-refractivity contribution is 6.36. The molecule has 0 amide bonds. The van der Waals surface area contributed by atoms with Crippen molar-refractivity contribution >= 4 is 29.5 Å². The molecule has 1 heterocycles. The van der Waals surface area contributed by atoms with Gasteiger partial charge in [-0.3, -0.25) is 4.79 Å². The van der Waals surface area contributed by atoms with E-state index in [9.17, 15) is 4.79 Å². The summed E-state index contributed by atoms with van der Waals surface area (Å²) in [5.74, 6) is 0.763. The van der Waals surface area contributed by atoms with Gasteiger partial charge in [-0.15, -0.1) is 0 Å². The molecule has 1 atom stereocenters. The summed E-state index contributed by atoms with van der Waals surface area (Å²) in [7, 11) is 0. The Kier molecular flexibility index (Phi) is 4.26. The molecule has 1 aromatic rings. The number of hydrogen-bond donors (Lipinski definition) is 0. The van der Waals surface area contributed by atoms with Crippen LogP contribution in [0.1, 0.15) is 16.8 Å². The highest BCUT2D eigenvalue weighted by Crippen LogP contribution is 2.32. The highest BCUT2D eigenvalue weighted by atomic mass is 35.5. The summed E-state index contributed by atoms with van der Waals surface area (Å²) in [6.07, 6.45) is 1.67. The van der Waals surface area contributed by atoms with Crippen molar-refractivity contribution in [2.75, 3.05) is 19.8 Å². The average molecular weight is 275 g/mol. The lowest BCUT2D eigenvalue weighted by molar-refractivity contribution is 0.111. The summed E-state index contributed by atoms with van der Waals surface area (Å²) < 4.78 is 10.8. The van der Waals surface area contributed by atoms with E-state index in [1.165, 1.54) is 0 Å². The summed E-state index contributed by atoms with van der Waals surface area (Å²) in [4.78, 5) is 10.9. The summed E-state index contributed by atoms with van der Waals surface area (Å²) in [6.45, 7) is 1.97. The molecule has 92 valence electrons. The molecule has 0 bridgehead atoms. The normalized spacial score (nSPS) is 19.3. The summed E-state index contributed by atoms with van der Waals surface area (Å²) >= 11 is 11.8. The number of benzene rings is 1. The van der Waals surface area contributed by atoms with E-state index in [4.69, 9.17) is 32.7 Å². The fourth-order valence-electron chi connectivity index (χ4n) is 1.74. The smallest absolute Gasteiger partial charge is 0.153 e. The van der Waals surface area contributed by atoms with Gasteiger partial charge in [0.15, 0.2) is 6.29 Å². The van der Waals surface area contributed by atoms with Crippen LogP contribution in [0.5, 0.6) is 5.75 Å². The Morgan fingerprint density at radius 1 is 1.47 bits per heavy atom. The van der Waals surface area contributed by atoms with Crippen molar-refractivity contribution in [3.05, 3.63) is 27.7 Å². The predicted molar refractivity (Wildman–Crippen MR) is 66.3 cm³/mol. The van der Waals surface area contributed by atoms with E-state index in [0.717, 1.165) is 13.0 Å². The molecule has 1 unspecified atom stereocenters. The third kappa shape index (κ3) is 3.12. The molecule has 0 spiro atoms. The number of rotatable bonds is 4. The minimum Gasteiger partial charge on any atom is -0.491 e. The Hall–Kier alpha value is -0.770. The first-order valence-corrected chi connectivity index (χ1v) is 6.11. The Morgan fingerprint density at radius 2 is 2.29 bits per heavy atom. The molecule has 5 heteroatoms. The quantitative estimate of drug-likeness (QED) is 0.791. The number of hydrogen-bond acceptors (Lipinski definition) is 3. The van der Waals surface area contributed by atoms with Gasteiger partial charge < -0.3 is 9.47 Å². The van der Waals surface area contributed by atoms with Crippen LogP contribution in [-0.2, 0) is 4.74 Å². The van der Waals surface area contributed by atoms with E-state index < -0.39 is 0 Å². The molecule has 2 rings (SSSR count). The number of ether oxygens (including phenoxy) is 2. The first kappa shape index (κ1) is 12.7. The largest absolute Gasteiger partial charge is 0.491 e. The van der Waals surface area contributed by atoms with Gasteiger partial charge in [0.25, 0.3) is 0 Å². The van der Waals surface area contributed by atoms with Gasteiger partial charge in [-0.25, -0.2) is 0 Å². The fraction of sp³-hybridized carbons (Fsp3) is 0.417. The Morgan fingerprint density at radius 3 is 2.94 bits per heavy atom. The Labute approximate surface area is 110 Å². The van der Waals surface area contributed by atoms with Crippen LogP contribution in [0.4, 0.5) is 0 Å². The van der Waals surface area contributed by atoms with Gasteiger partial charge in [0.2, 0.25) is 0 Å². The average Bonchev–Trinajstić information content (AvgIpc) is 2.79. The SMILES string of the molecule is O=Cc1cc(Cl)cc(Cl)c1OCC1CCOC1. The lowest BCUT2D eigenvalue weighted by atomic mass is 10.1. The summed E-state index contributed by atoms with van der Waals surface area (Å²) in [5, 5.41) is 0.784. The zero-order valence-electron chi connectivity index (χ0n) is 9.12. The molecular weight excluding hydrogens is 263 g/mol. The lowest BCUT2D eigenvalue weighted by Crippen LogP contribution is -2.12. The summed E-state index contributed by atoms with van der Waals surface area (Å²) in [5.41, 5.74) is 0.376. The number of carbonyl (C=O) groups is 1. The van der Waals surface area contributed by atoms with Gasteiger partial charge in [-0.05, 0) is 18.6 Å². The Bertz CT molecular complexity index is 414. The molecule has 0 aliphatic carbocycles. The van der Waals surface area contributed by atoms with E-state index in [1.807, 2.05) is 0 Å². The van der Waals surface area contributed by atoms with Crippen LogP contribution in [0.3, 0.4) is 0 Å². The van der Waals surface area contributed by atoms with Gasteiger partial charge in [0.05, 0.1) is 23.8 Å². The second kappa shape index (κ2) is 5.71. The molecule has 1 aliphatic heterocycles. The molecule has 0 N–H and O–H groups in total. The highest BCUT2D eigenvalue weighted by Gasteiger charge is 2.18. The monoisotopic (exact) mass is 274 g/mol. The number of carbonyl (C=O) groups excluding carboxylic acids is 1. The second-order valence-corrected chi connectivity index (χ2v) is 4.81. The predicted octanol–water partition coefficient (Wildman–Crippen LogP) is 3.22. The van der Waals surface area contributed by atoms with E-state index in [-0.39, 0.29) is 0 Å². The van der Waals surface area contributed by atoms with Crippen molar-refractivity contribution in [2.24, 2.45) is 5.92 Å². The van der Waals surface area contributed by atoms with E-state index >= 15 is 0 Å². The third-order valence-electron chi connectivity index (χ3n) is 2.65. The van der Waals surface area contributed by atoms with Gasteiger partial charge in [-0.2, -0.15) is 0 Å². The van der Waals surface area contributed by atoms with Gasteiger partial charge in [0, 0.05) is 17.5 Å². The molecule has 1 saturated heterocycles. The van der Waals surface area contributed by atoms with Crippen LogP contribution in [0.2, 0.25) is 10.0 Å². The maximum atomic E-state index is 10.9. The molecule has 1 fully saturated rings. The third-order valence-corrected chi connectivity index (χ3v) is 3.15. The number of halogens is 2. The molecule has 0 saturated carbocycles. The van der Waals surface area contributed by atoms with Gasteiger partial charge in [-0.1, -0.05) is 23.2 Å². The van der Waals surface area contributed by atoms with E-state index in [1.54, 1.807) is 12.1 Å². The van der Waals surface area contributed by atoms with Gasteiger partial charge >= 0.3 is 0 Å². The van der Waals surface area contributed by atoms with Crippen molar-refractivity contribution in [1.82, 2.24) is 0 Å². The minimum absolute atomic E-state index is 0.360. The van der Waals surface area contributed by atoms with Crippen molar-refractivity contribution in [3.8, 4) is 5.75 Å². The van der Waals surface area contributed by atoms with Crippen LogP contribution >= 0.6 is 23.2 Å². The van der Waals surface area contributed by atoms with Crippen molar-refractivity contribution in [1.29, 1.82) is 0 Å². The molecule has 3 nitrogen and oxygen atoms in total. The zero-order valence-corrected chi connectivity index (χ0v) is 10.6. The topological polar surface area (TPSA) is 35.5 Å². The van der Waals surface area contributed by atoms with Crippen LogP contribution in [0, 0.1) is 5.92 Å². The molecule has 1 aromatic carbocycles. The molecule has 0 aromatic heterocycles. The van der Waals surface area contributed by atoms with Crippen LogP contribution in [0.15, 0.2) is 12.1 Å². The lowest BCUT2D eigenvalue weighted by Gasteiger charge is -2.13. The van der Waals surface area contributed by atoms with Crippen LogP contribution in [0.25, 0.3) is 0 Å². The number of aldehydes is 1. The van der Waals surface area contributed by atoms with Gasteiger partial charge in [0.1, 0.15) is 5.75 Å². The maximum absolute atomic E-state index is 10.9. The molecular formula is C12H12Cl2O3. The van der Waals surface area contributed by atoms with Crippen LogP contribution < -0.4 is 4.74 Å².